The SMILES string of the molecule is CCn1c(-c2cc(C3CCN(C)CC3)cnc2C(C)C)c2c3cc(ccc31)-c1cc(O)cc(c1)C[C@H](N)C(=O)N1CCC[C@H](N1)C(=O)OCC(C)(C)C2. The van der Waals surface area contributed by atoms with Gasteiger partial charge in [-0.2, -0.15) is 0 Å². The third-order valence-corrected chi connectivity index (χ3v) is 11.5. The molecule has 0 spiro atoms. The largest absolute Gasteiger partial charge is 0.508 e. The predicted octanol–water partition coefficient (Wildman–Crippen LogP) is 6.52. The van der Waals surface area contributed by atoms with Crippen LogP contribution in [0.25, 0.3) is 33.3 Å². The zero-order valence-electron chi connectivity index (χ0n) is 32.2. The molecule has 2 aromatic heterocycles. The van der Waals surface area contributed by atoms with E-state index in [1.807, 2.05) is 6.07 Å². The average Bonchev–Trinajstić information content (AvgIpc) is 3.44. The number of aryl methyl sites for hydroxylation is 1. The van der Waals surface area contributed by atoms with E-state index in [0.29, 0.717) is 31.7 Å². The number of carbonyl (C=O) groups is 2. The summed E-state index contributed by atoms with van der Waals surface area (Å²) in [6, 6.07) is 12.9. The van der Waals surface area contributed by atoms with Crippen LogP contribution in [-0.4, -0.2) is 81.8 Å². The Hall–Kier alpha value is -4.25. The first-order valence-electron chi connectivity index (χ1n) is 19.5. The van der Waals surface area contributed by atoms with Crippen LogP contribution in [0.1, 0.15) is 94.5 Å². The van der Waals surface area contributed by atoms with E-state index in [9.17, 15) is 14.7 Å². The lowest BCUT2D eigenvalue weighted by molar-refractivity contribution is -0.154. The maximum Gasteiger partial charge on any atom is 0.324 e. The molecule has 53 heavy (non-hydrogen) atoms. The van der Waals surface area contributed by atoms with E-state index in [0.717, 1.165) is 65.8 Å². The van der Waals surface area contributed by atoms with E-state index < -0.39 is 17.5 Å². The number of nitrogens with zero attached hydrogens (tertiary/aromatic N) is 4. The Morgan fingerprint density at radius 2 is 1.81 bits per heavy atom. The number of hydrazine groups is 1. The number of pyridine rings is 1. The topological polar surface area (TPSA) is 126 Å². The number of rotatable bonds is 4. The van der Waals surface area contributed by atoms with E-state index >= 15 is 0 Å². The highest BCUT2D eigenvalue weighted by molar-refractivity contribution is 5.95. The van der Waals surface area contributed by atoms with Crippen molar-refractivity contribution in [3.05, 3.63) is 71.0 Å². The number of carbonyl (C=O) groups excluding carboxylic acids is 2. The van der Waals surface area contributed by atoms with Crippen LogP contribution >= 0.6 is 0 Å². The molecule has 4 N–H and O–H groups in total. The number of phenolic OH excluding ortho intramolecular Hbond substituents is 1. The molecule has 10 heteroatoms. The van der Waals surface area contributed by atoms with Gasteiger partial charge in [0.1, 0.15) is 11.8 Å². The zero-order chi connectivity index (χ0) is 37.6. The highest BCUT2D eigenvalue weighted by atomic mass is 16.5. The molecule has 5 heterocycles. The van der Waals surface area contributed by atoms with Gasteiger partial charge in [0.05, 0.1) is 24.0 Å². The number of amides is 1. The second-order valence-corrected chi connectivity index (χ2v) is 16.7. The summed E-state index contributed by atoms with van der Waals surface area (Å²) in [5.74, 6) is 0.143. The fourth-order valence-corrected chi connectivity index (χ4v) is 8.64. The molecule has 0 aliphatic carbocycles. The van der Waals surface area contributed by atoms with Crippen LogP contribution in [0.4, 0.5) is 0 Å². The van der Waals surface area contributed by atoms with Crippen LogP contribution in [0.15, 0.2) is 48.7 Å². The summed E-state index contributed by atoms with van der Waals surface area (Å²) in [6.45, 7) is 14.5. The van der Waals surface area contributed by atoms with Crippen LogP contribution in [0.5, 0.6) is 5.75 Å². The molecule has 6 bridgehead atoms. The summed E-state index contributed by atoms with van der Waals surface area (Å²) in [7, 11) is 2.20. The van der Waals surface area contributed by atoms with Crippen molar-refractivity contribution < 1.29 is 19.4 Å². The van der Waals surface area contributed by atoms with Gasteiger partial charge in [-0.1, -0.05) is 39.8 Å². The van der Waals surface area contributed by atoms with Crippen LogP contribution in [0, 0.1) is 5.41 Å². The molecule has 4 aromatic rings. The quantitative estimate of drug-likeness (QED) is 0.204. The number of benzene rings is 2. The van der Waals surface area contributed by atoms with E-state index in [1.54, 1.807) is 12.1 Å². The monoisotopic (exact) mass is 720 g/mol. The lowest BCUT2D eigenvalue weighted by atomic mass is 9.83. The van der Waals surface area contributed by atoms with Crippen LogP contribution in [0.3, 0.4) is 0 Å². The van der Waals surface area contributed by atoms with E-state index in [1.165, 1.54) is 27.4 Å². The molecule has 0 radical (unpaired) electrons. The summed E-state index contributed by atoms with van der Waals surface area (Å²) in [5, 5.41) is 13.5. The Kier molecular flexibility index (Phi) is 10.4. The lowest BCUT2D eigenvalue weighted by Crippen LogP contribution is -2.59. The number of fused-ring (bicyclic) bond motifs is 6. The highest BCUT2D eigenvalue weighted by Gasteiger charge is 2.34. The van der Waals surface area contributed by atoms with Crippen LogP contribution < -0.4 is 11.2 Å². The maximum atomic E-state index is 13.6. The Morgan fingerprint density at radius 3 is 2.55 bits per heavy atom. The number of likely N-dealkylation sites (tertiary alicyclic amines) is 1. The van der Waals surface area contributed by atoms with Gasteiger partial charge < -0.3 is 25.0 Å². The second-order valence-electron chi connectivity index (χ2n) is 16.7. The Labute approximate surface area is 313 Å². The fourth-order valence-electron chi connectivity index (χ4n) is 8.64. The summed E-state index contributed by atoms with van der Waals surface area (Å²) < 4.78 is 8.50. The highest BCUT2D eigenvalue weighted by Crippen LogP contribution is 2.43. The van der Waals surface area contributed by atoms with Gasteiger partial charge in [0.15, 0.2) is 0 Å². The van der Waals surface area contributed by atoms with E-state index in [-0.39, 0.29) is 36.6 Å². The minimum absolute atomic E-state index is 0.122. The van der Waals surface area contributed by atoms with Crippen molar-refractivity contribution in [3.8, 4) is 28.1 Å². The van der Waals surface area contributed by atoms with Crippen molar-refractivity contribution >= 4 is 22.8 Å². The average molecular weight is 721 g/mol. The summed E-state index contributed by atoms with van der Waals surface area (Å²) in [5.41, 5.74) is 18.8. The Bertz CT molecular complexity index is 2010. The molecule has 1 amide bonds. The van der Waals surface area contributed by atoms with Crippen molar-refractivity contribution in [2.75, 3.05) is 33.3 Å². The number of nitrogens with one attached hydrogen (secondary N) is 1. The minimum atomic E-state index is -0.853. The molecule has 7 rings (SSSR count). The third kappa shape index (κ3) is 7.59. The molecule has 2 saturated heterocycles. The fraction of sp³-hybridized carbons (Fsp3) is 0.512. The lowest BCUT2D eigenvalue weighted by Gasteiger charge is -2.35. The summed E-state index contributed by atoms with van der Waals surface area (Å²) in [6.07, 6.45) is 6.47. The Morgan fingerprint density at radius 1 is 1.04 bits per heavy atom. The molecule has 2 atom stereocenters. The second kappa shape index (κ2) is 14.9. The molecule has 10 nitrogen and oxygen atoms in total. The standard InChI is InChI=1S/C43H56N6O4/c1-7-48-38-11-10-29-21-33(38)35(40(48)34-22-31(24-45-39(34)26(2)3)28-12-15-47(6)16-13-28)23-43(4,5)25-53-42(52)37-9-8-14-49(46-37)41(51)36(44)19-27-17-30(29)20-32(50)18-27/h10-11,17-18,20-22,24,26,28,36-37,46,50H,7-9,12-16,19,23,25,44H2,1-6H3/t36-,37-/m0/s1. The zero-order valence-corrected chi connectivity index (χ0v) is 32.2. The van der Waals surface area contributed by atoms with Crippen molar-refractivity contribution in [2.24, 2.45) is 11.1 Å². The normalized spacial score (nSPS) is 21.9. The van der Waals surface area contributed by atoms with Gasteiger partial charge in [-0.3, -0.25) is 19.6 Å². The summed E-state index contributed by atoms with van der Waals surface area (Å²) >= 11 is 0. The van der Waals surface area contributed by atoms with Crippen LogP contribution in [-0.2, 0) is 33.7 Å². The molecule has 3 aliphatic heterocycles. The number of ether oxygens (including phenoxy) is 1. The van der Waals surface area contributed by atoms with Gasteiger partial charge in [0.25, 0.3) is 5.91 Å². The van der Waals surface area contributed by atoms with Crippen molar-refractivity contribution in [3.63, 3.8) is 0 Å². The molecule has 0 unspecified atom stereocenters. The van der Waals surface area contributed by atoms with Gasteiger partial charge in [-0.15, -0.1) is 0 Å². The van der Waals surface area contributed by atoms with Crippen molar-refractivity contribution in [1.29, 1.82) is 0 Å². The predicted molar refractivity (Wildman–Crippen MR) is 209 cm³/mol. The number of aromatic nitrogens is 2. The Balaban J connectivity index is 1.42. The van der Waals surface area contributed by atoms with Gasteiger partial charge in [-0.25, -0.2) is 5.43 Å². The van der Waals surface area contributed by atoms with E-state index in [2.05, 4.69) is 87.0 Å². The summed E-state index contributed by atoms with van der Waals surface area (Å²) in [4.78, 5) is 34.6. The van der Waals surface area contributed by atoms with Crippen LogP contribution in [0.2, 0.25) is 0 Å². The number of hydrogen-bond acceptors (Lipinski definition) is 8. The number of nitrogens with two attached hydrogens (primary N) is 1. The number of hydrogen-bond donors (Lipinski definition) is 3. The number of cyclic esters (lactones) is 1. The molecule has 0 saturated carbocycles. The molecule has 3 aliphatic rings. The number of piperidine rings is 1. The first-order chi connectivity index (χ1) is 25.3. The minimum Gasteiger partial charge on any atom is -0.508 e. The van der Waals surface area contributed by atoms with Gasteiger partial charge in [0, 0.05) is 41.2 Å². The molecule has 2 aromatic carbocycles. The number of aromatic hydroxyl groups is 1. The smallest absolute Gasteiger partial charge is 0.324 e. The van der Waals surface area contributed by atoms with Crippen molar-refractivity contribution in [2.45, 2.75) is 104 Å². The van der Waals surface area contributed by atoms with E-state index in [4.69, 9.17) is 15.5 Å². The number of esters is 1. The molecular weight excluding hydrogens is 665 g/mol. The molecular formula is C43H56N6O4. The van der Waals surface area contributed by atoms with Crippen molar-refractivity contribution in [1.82, 2.24) is 24.9 Å². The van der Waals surface area contributed by atoms with Gasteiger partial charge >= 0.3 is 5.97 Å². The molecule has 2 fully saturated rings. The van der Waals surface area contributed by atoms with Gasteiger partial charge in [-0.05, 0) is 136 Å². The first-order valence-corrected chi connectivity index (χ1v) is 19.5. The third-order valence-electron chi connectivity index (χ3n) is 11.5. The van der Waals surface area contributed by atoms with Gasteiger partial charge in [0.2, 0.25) is 0 Å². The maximum absolute atomic E-state index is 13.6. The number of phenols is 1. The molecule has 282 valence electrons. The first kappa shape index (κ1) is 37.1.